The van der Waals surface area contributed by atoms with E-state index >= 15 is 0 Å². The normalized spacial score (nSPS) is 19.8. The van der Waals surface area contributed by atoms with Crippen LogP contribution in [0.3, 0.4) is 0 Å². The average molecular weight is 291 g/mol. The van der Waals surface area contributed by atoms with Crippen molar-refractivity contribution >= 4 is 11.6 Å². The molecule has 0 bridgehead atoms. The number of aryl methyl sites for hydroxylation is 1. The first-order valence-corrected chi connectivity index (χ1v) is 8.28. The lowest BCUT2D eigenvalue weighted by atomic mass is 10.2. The van der Waals surface area contributed by atoms with Gasteiger partial charge >= 0.3 is 0 Å². The van der Waals surface area contributed by atoms with Crippen LogP contribution in [0.15, 0.2) is 6.07 Å². The van der Waals surface area contributed by atoms with Gasteiger partial charge in [0, 0.05) is 44.7 Å². The van der Waals surface area contributed by atoms with E-state index in [1.807, 2.05) is 0 Å². The number of likely N-dealkylation sites (N-methyl/N-ethyl adjacent to an activating group) is 1. The van der Waals surface area contributed by atoms with E-state index in [9.17, 15) is 0 Å². The van der Waals surface area contributed by atoms with Crippen LogP contribution in [0.5, 0.6) is 0 Å². The molecular formula is C16H29N5. The molecule has 1 aromatic rings. The van der Waals surface area contributed by atoms with Crippen molar-refractivity contribution in [2.24, 2.45) is 0 Å². The molecule has 21 heavy (non-hydrogen) atoms. The summed E-state index contributed by atoms with van der Waals surface area (Å²) in [6.07, 6.45) is 2.02. The van der Waals surface area contributed by atoms with Gasteiger partial charge in [-0.25, -0.2) is 9.97 Å². The van der Waals surface area contributed by atoms with E-state index in [-0.39, 0.29) is 0 Å². The van der Waals surface area contributed by atoms with Gasteiger partial charge in [-0.3, -0.25) is 4.90 Å². The van der Waals surface area contributed by atoms with Crippen LogP contribution in [0.1, 0.15) is 39.9 Å². The molecule has 1 fully saturated rings. The summed E-state index contributed by atoms with van der Waals surface area (Å²) in [6, 6.07) is 2.67. The Labute approximate surface area is 128 Å². The van der Waals surface area contributed by atoms with E-state index in [1.54, 1.807) is 0 Å². The molecule has 2 rings (SSSR count). The van der Waals surface area contributed by atoms with E-state index in [0.717, 1.165) is 63.0 Å². The molecule has 0 spiro atoms. The maximum absolute atomic E-state index is 4.77. The third kappa shape index (κ3) is 4.06. The molecule has 5 nitrogen and oxygen atoms in total. The first kappa shape index (κ1) is 16.0. The van der Waals surface area contributed by atoms with Crippen molar-refractivity contribution in [3.05, 3.63) is 11.9 Å². The Hall–Kier alpha value is -1.36. The monoisotopic (exact) mass is 291 g/mol. The third-order valence-electron chi connectivity index (χ3n) is 4.09. The van der Waals surface area contributed by atoms with Crippen molar-refractivity contribution in [2.45, 2.75) is 46.6 Å². The number of hydrogen-bond donors (Lipinski definition) is 1. The molecular weight excluding hydrogens is 262 g/mol. The smallest absolute Gasteiger partial charge is 0.134 e. The van der Waals surface area contributed by atoms with Crippen LogP contribution in [0, 0.1) is 0 Å². The molecule has 0 aliphatic carbocycles. The minimum absolute atomic E-state index is 0.580. The summed E-state index contributed by atoms with van der Waals surface area (Å²) < 4.78 is 0. The van der Waals surface area contributed by atoms with Crippen molar-refractivity contribution < 1.29 is 0 Å². The number of nitrogens with zero attached hydrogens (tertiary/aromatic N) is 4. The second kappa shape index (κ2) is 7.59. The molecule has 1 aromatic heterocycles. The molecule has 1 unspecified atom stereocenters. The van der Waals surface area contributed by atoms with Crippen LogP contribution in [0.2, 0.25) is 0 Å². The van der Waals surface area contributed by atoms with Crippen LogP contribution in [-0.4, -0.2) is 53.6 Å². The van der Waals surface area contributed by atoms with Crippen LogP contribution in [-0.2, 0) is 6.42 Å². The number of anilines is 2. The highest BCUT2D eigenvalue weighted by molar-refractivity contribution is 5.50. The summed E-state index contributed by atoms with van der Waals surface area (Å²) in [4.78, 5) is 14.3. The average Bonchev–Trinajstić information content (AvgIpc) is 2.47. The zero-order chi connectivity index (χ0) is 15.2. The third-order valence-corrected chi connectivity index (χ3v) is 4.09. The fraction of sp³-hybridized carbons (Fsp3) is 0.750. The number of nitrogens with one attached hydrogen (secondary N) is 1. The molecule has 1 aliphatic rings. The van der Waals surface area contributed by atoms with Gasteiger partial charge in [0.25, 0.3) is 0 Å². The molecule has 1 atom stereocenters. The number of rotatable bonds is 6. The van der Waals surface area contributed by atoms with Crippen LogP contribution < -0.4 is 10.2 Å². The maximum atomic E-state index is 4.77. The lowest BCUT2D eigenvalue weighted by molar-refractivity contribution is 0.199. The second-order valence-electron chi connectivity index (χ2n) is 5.73. The zero-order valence-electron chi connectivity index (χ0n) is 13.9. The van der Waals surface area contributed by atoms with Crippen LogP contribution in [0.4, 0.5) is 11.6 Å². The molecule has 0 radical (unpaired) electrons. The molecule has 0 aromatic carbocycles. The lowest BCUT2D eigenvalue weighted by Gasteiger charge is -2.40. The number of aromatic nitrogens is 2. The molecule has 5 heteroatoms. The fourth-order valence-electron chi connectivity index (χ4n) is 2.93. The van der Waals surface area contributed by atoms with Gasteiger partial charge in [-0.2, -0.15) is 0 Å². The highest BCUT2D eigenvalue weighted by Crippen LogP contribution is 2.20. The Balaban J connectivity index is 2.18. The van der Waals surface area contributed by atoms with Crippen molar-refractivity contribution in [1.82, 2.24) is 14.9 Å². The summed E-state index contributed by atoms with van der Waals surface area (Å²) >= 11 is 0. The topological polar surface area (TPSA) is 44.3 Å². The highest BCUT2D eigenvalue weighted by atomic mass is 15.3. The Kier molecular flexibility index (Phi) is 5.79. The first-order valence-electron chi connectivity index (χ1n) is 8.28. The van der Waals surface area contributed by atoms with Crippen LogP contribution in [0.25, 0.3) is 0 Å². The summed E-state index contributed by atoms with van der Waals surface area (Å²) in [7, 11) is 0. The van der Waals surface area contributed by atoms with Crippen molar-refractivity contribution in [3.8, 4) is 0 Å². The van der Waals surface area contributed by atoms with E-state index < -0.39 is 0 Å². The molecule has 0 amide bonds. The maximum Gasteiger partial charge on any atom is 0.134 e. The van der Waals surface area contributed by atoms with Gasteiger partial charge in [0.15, 0.2) is 0 Å². The van der Waals surface area contributed by atoms with Gasteiger partial charge in [-0.15, -0.1) is 0 Å². The van der Waals surface area contributed by atoms with Gasteiger partial charge in [0.05, 0.1) is 0 Å². The quantitative estimate of drug-likeness (QED) is 0.872. The molecule has 1 saturated heterocycles. The summed E-state index contributed by atoms with van der Waals surface area (Å²) in [6.45, 7) is 14.0. The van der Waals surface area contributed by atoms with E-state index in [0.29, 0.717) is 6.04 Å². The predicted molar refractivity (Wildman–Crippen MR) is 89.1 cm³/mol. The molecule has 1 aliphatic heterocycles. The Morgan fingerprint density at radius 1 is 1.24 bits per heavy atom. The molecule has 118 valence electrons. The highest BCUT2D eigenvalue weighted by Gasteiger charge is 2.23. The van der Waals surface area contributed by atoms with E-state index in [1.165, 1.54) is 0 Å². The standard InChI is InChI=1S/C16H29N5/c1-5-8-14-18-15(17-6-2)11-16(19-14)21-10-9-20(7-3)13(4)12-21/h11,13H,5-10,12H2,1-4H3,(H,17,18,19). The van der Waals surface area contributed by atoms with Crippen molar-refractivity contribution in [2.75, 3.05) is 42.9 Å². The van der Waals surface area contributed by atoms with Crippen molar-refractivity contribution in [3.63, 3.8) is 0 Å². The largest absolute Gasteiger partial charge is 0.370 e. The Morgan fingerprint density at radius 2 is 2.05 bits per heavy atom. The van der Waals surface area contributed by atoms with Gasteiger partial charge in [-0.1, -0.05) is 13.8 Å². The molecule has 2 heterocycles. The molecule has 1 N–H and O–H groups in total. The van der Waals surface area contributed by atoms with Gasteiger partial charge < -0.3 is 10.2 Å². The van der Waals surface area contributed by atoms with Gasteiger partial charge in [0.1, 0.15) is 17.5 Å². The van der Waals surface area contributed by atoms with Gasteiger partial charge in [-0.05, 0) is 26.8 Å². The summed E-state index contributed by atoms with van der Waals surface area (Å²) in [5.74, 6) is 2.99. The summed E-state index contributed by atoms with van der Waals surface area (Å²) in [5, 5.41) is 3.33. The summed E-state index contributed by atoms with van der Waals surface area (Å²) in [5.41, 5.74) is 0. The minimum Gasteiger partial charge on any atom is -0.370 e. The fourth-order valence-corrected chi connectivity index (χ4v) is 2.93. The Bertz CT molecular complexity index is 424. The Morgan fingerprint density at radius 3 is 2.67 bits per heavy atom. The molecule has 0 saturated carbocycles. The van der Waals surface area contributed by atoms with Gasteiger partial charge in [0.2, 0.25) is 0 Å². The zero-order valence-corrected chi connectivity index (χ0v) is 13.9. The first-order chi connectivity index (χ1) is 10.2. The lowest BCUT2D eigenvalue weighted by Crippen LogP contribution is -2.52. The number of piperazine rings is 1. The van der Waals surface area contributed by atoms with E-state index in [2.05, 4.69) is 53.9 Å². The van der Waals surface area contributed by atoms with Crippen molar-refractivity contribution in [1.29, 1.82) is 0 Å². The second-order valence-corrected chi connectivity index (χ2v) is 5.73. The van der Waals surface area contributed by atoms with Crippen LogP contribution >= 0.6 is 0 Å². The number of hydrogen-bond acceptors (Lipinski definition) is 5. The predicted octanol–water partition coefficient (Wildman–Crippen LogP) is 2.39. The SMILES string of the molecule is CCCc1nc(NCC)cc(N2CCN(CC)C(C)C2)n1. The van der Waals surface area contributed by atoms with E-state index in [4.69, 9.17) is 4.98 Å². The minimum atomic E-state index is 0.580.